The van der Waals surface area contributed by atoms with Gasteiger partial charge in [-0.15, -0.1) is 11.3 Å². The van der Waals surface area contributed by atoms with Gasteiger partial charge < -0.3 is 16.2 Å². The molecule has 5 nitrogen and oxygen atoms in total. The fraction of sp³-hybridized carbons (Fsp3) is 0.467. The molecular weight excluding hydrogens is 286 g/mol. The predicted octanol–water partition coefficient (Wildman–Crippen LogP) is 2.08. The molecule has 0 aliphatic heterocycles. The Balaban J connectivity index is 1.88. The summed E-state index contributed by atoms with van der Waals surface area (Å²) >= 11 is 1.33. The minimum absolute atomic E-state index is 0.0427. The van der Waals surface area contributed by atoms with Crippen molar-refractivity contribution in [2.75, 3.05) is 12.3 Å². The van der Waals surface area contributed by atoms with Crippen LogP contribution in [0.1, 0.15) is 34.5 Å². The zero-order valence-corrected chi connectivity index (χ0v) is 12.7. The van der Waals surface area contributed by atoms with Gasteiger partial charge in [-0.05, 0) is 31.4 Å². The third-order valence-electron chi connectivity index (χ3n) is 4.25. The number of nitrogens with one attached hydrogen (secondary N) is 1. The van der Waals surface area contributed by atoms with Crippen LogP contribution in [-0.4, -0.2) is 28.6 Å². The molecule has 2 heterocycles. The Labute approximate surface area is 127 Å². The number of aryl methyl sites for hydroxylation is 1. The number of fused-ring (bicyclic) bond motifs is 1. The molecule has 0 aromatic carbocycles. The lowest BCUT2D eigenvalue weighted by molar-refractivity contribution is 0.0921. The second-order valence-electron chi connectivity index (χ2n) is 5.61. The van der Waals surface area contributed by atoms with E-state index in [1.165, 1.54) is 11.3 Å². The van der Waals surface area contributed by atoms with Crippen LogP contribution in [0.2, 0.25) is 0 Å². The number of carbonyl (C=O) groups excluding carboxylic acids is 1. The van der Waals surface area contributed by atoms with E-state index >= 15 is 0 Å². The van der Waals surface area contributed by atoms with E-state index in [0.717, 1.165) is 35.0 Å². The first-order valence-corrected chi connectivity index (χ1v) is 7.98. The number of hydrogen-bond acceptors (Lipinski definition) is 5. The van der Waals surface area contributed by atoms with Gasteiger partial charge in [-0.25, -0.2) is 4.98 Å². The minimum atomic E-state index is -0.153. The molecule has 6 heteroatoms. The molecule has 1 aliphatic carbocycles. The average Bonchev–Trinajstić information content (AvgIpc) is 3.04. The van der Waals surface area contributed by atoms with Crippen LogP contribution >= 0.6 is 11.3 Å². The monoisotopic (exact) mass is 305 g/mol. The van der Waals surface area contributed by atoms with E-state index in [9.17, 15) is 9.90 Å². The van der Waals surface area contributed by atoms with Gasteiger partial charge in [-0.2, -0.15) is 0 Å². The molecule has 3 rings (SSSR count). The summed E-state index contributed by atoms with van der Waals surface area (Å²) in [5.74, 6) is 0.00432. The molecule has 21 heavy (non-hydrogen) atoms. The maximum absolute atomic E-state index is 12.5. The molecular formula is C15H19N3O2S. The van der Waals surface area contributed by atoms with Crippen molar-refractivity contribution in [1.82, 2.24) is 10.3 Å². The number of anilines is 1. The third-order valence-corrected chi connectivity index (χ3v) is 5.37. The zero-order valence-electron chi connectivity index (χ0n) is 11.9. The summed E-state index contributed by atoms with van der Waals surface area (Å²) in [7, 11) is 0. The van der Waals surface area contributed by atoms with Gasteiger partial charge in [0.25, 0.3) is 5.91 Å². The van der Waals surface area contributed by atoms with E-state index in [1.807, 2.05) is 13.0 Å². The van der Waals surface area contributed by atoms with Gasteiger partial charge in [0.05, 0.1) is 5.69 Å². The Kier molecular flexibility index (Phi) is 3.82. The van der Waals surface area contributed by atoms with Gasteiger partial charge in [0.2, 0.25) is 0 Å². The van der Waals surface area contributed by atoms with Gasteiger partial charge in [0.15, 0.2) is 0 Å². The summed E-state index contributed by atoms with van der Waals surface area (Å²) in [5.41, 5.74) is 7.68. The first kappa shape index (κ1) is 14.3. The van der Waals surface area contributed by atoms with Crippen molar-refractivity contribution in [2.24, 2.45) is 5.92 Å². The number of aromatic nitrogens is 1. The lowest BCUT2D eigenvalue weighted by atomic mass is 10.1. The van der Waals surface area contributed by atoms with Crippen molar-refractivity contribution in [3.63, 3.8) is 0 Å². The molecule has 2 aromatic heterocycles. The second-order valence-corrected chi connectivity index (χ2v) is 6.61. The summed E-state index contributed by atoms with van der Waals surface area (Å²) in [6, 6.07) is 1.94. The maximum atomic E-state index is 12.5. The highest BCUT2D eigenvalue weighted by Gasteiger charge is 2.29. The average molecular weight is 305 g/mol. The van der Waals surface area contributed by atoms with Crippen LogP contribution in [-0.2, 0) is 0 Å². The molecule has 112 valence electrons. The summed E-state index contributed by atoms with van der Waals surface area (Å²) < 4.78 is 0. The van der Waals surface area contributed by atoms with Crippen LogP contribution in [0.15, 0.2) is 12.3 Å². The topological polar surface area (TPSA) is 88.2 Å². The number of nitrogens with two attached hydrogens (primary N) is 1. The van der Waals surface area contributed by atoms with Crippen LogP contribution in [0, 0.1) is 12.8 Å². The van der Waals surface area contributed by atoms with Crippen LogP contribution < -0.4 is 11.1 Å². The molecule has 4 N–H and O–H groups in total. The largest absolute Gasteiger partial charge is 0.397 e. The summed E-state index contributed by atoms with van der Waals surface area (Å²) in [4.78, 5) is 18.1. The fourth-order valence-electron chi connectivity index (χ4n) is 3.05. The van der Waals surface area contributed by atoms with Crippen molar-refractivity contribution in [3.05, 3.63) is 22.7 Å². The van der Waals surface area contributed by atoms with Crippen molar-refractivity contribution >= 4 is 33.1 Å². The number of thiophene rings is 1. The van der Waals surface area contributed by atoms with Gasteiger partial charge in [0, 0.05) is 30.1 Å². The number of nitrogens with zero attached hydrogens (tertiary/aromatic N) is 1. The Morgan fingerprint density at radius 2 is 2.38 bits per heavy atom. The number of pyridine rings is 1. The molecule has 0 saturated heterocycles. The lowest BCUT2D eigenvalue weighted by Crippen LogP contribution is -2.38. The van der Waals surface area contributed by atoms with E-state index in [0.29, 0.717) is 10.6 Å². The summed E-state index contributed by atoms with van der Waals surface area (Å²) in [6.45, 7) is 2.08. The Morgan fingerprint density at radius 1 is 1.57 bits per heavy atom. The van der Waals surface area contributed by atoms with Gasteiger partial charge >= 0.3 is 0 Å². The predicted molar refractivity (Wildman–Crippen MR) is 84.5 cm³/mol. The highest BCUT2D eigenvalue weighted by molar-refractivity contribution is 7.21. The summed E-state index contributed by atoms with van der Waals surface area (Å²) in [6.07, 6.45) is 4.65. The number of hydrogen-bond donors (Lipinski definition) is 3. The molecule has 1 saturated carbocycles. The normalized spacial score (nSPS) is 21.8. The highest BCUT2D eigenvalue weighted by atomic mass is 32.1. The number of amides is 1. The van der Waals surface area contributed by atoms with E-state index in [2.05, 4.69) is 10.3 Å². The Morgan fingerprint density at radius 3 is 3.10 bits per heavy atom. The van der Waals surface area contributed by atoms with Crippen LogP contribution in [0.25, 0.3) is 10.2 Å². The molecule has 1 amide bonds. The minimum Gasteiger partial charge on any atom is -0.397 e. The third kappa shape index (κ3) is 2.49. The van der Waals surface area contributed by atoms with Gasteiger partial charge in [-0.1, -0.05) is 6.42 Å². The van der Waals surface area contributed by atoms with Crippen molar-refractivity contribution < 1.29 is 9.90 Å². The van der Waals surface area contributed by atoms with Gasteiger partial charge in [0.1, 0.15) is 9.71 Å². The molecule has 2 unspecified atom stereocenters. The van der Waals surface area contributed by atoms with Gasteiger partial charge in [-0.3, -0.25) is 4.79 Å². The van der Waals surface area contributed by atoms with Crippen LogP contribution in [0.5, 0.6) is 0 Å². The zero-order chi connectivity index (χ0) is 15.0. The Bertz CT molecular complexity index is 683. The first-order chi connectivity index (χ1) is 10.1. The maximum Gasteiger partial charge on any atom is 0.263 e. The molecule has 0 radical (unpaired) electrons. The highest BCUT2D eigenvalue weighted by Crippen LogP contribution is 2.34. The number of aliphatic hydroxyl groups is 1. The number of aliphatic hydroxyl groups excluding tert-OH is 1. The van der Waals surface area contributed by atoms with E-state index in [-0.39, 0.29) is 24.5 Å². The molecule has 1 aliphatic rings. The SMILES string of the molecule is Cc1ccnc2sc(C(=O)NC3CCCC3CO)c(N)c12. The van der Waals surface area contributed by atoms with Crippen LogP contribution in [0.3, 0.4) is 0 Å². The summed E-state index contributed by atoms with van der Waals surface area (Å²) in [5, 5.41) is 13.2. The van der Waals surface area contributed by atoms with Crippen LogP contribution in [0.4, 0.5) is 5.69 Å². The fourth-order valence-corrected chi connectivity index (χ4v) is 4.10. The first-order valence-electron chi connectivity index (χ1n) is 7.17. The number of rotatable bonds is 3. The molecule has 2 aromatic rings. The number of nitrogen functional groups attached to an aromatic ring is 1. The molecule has 1 fully saturated rings. The molecule has 0 bridgehead atoms. The van der Waals surface area contributed by atoms with E-state index in [1.54, 1.807) is 6.20 Å². The standard InChI is InChI=1S/C15H19N3O2S/c1-8-5-6-17-15-11(8)12(16)13(21-15)14(20)18-10-4-2-3-9(10)7-19/h5-6,9-10,19H,2-4,7,16H2,1H3,(H,18,20). The second kappa shape index (κ2) is 5.61. The van der Waals surface area contributed by atoms with Crippen molar-refractivity contribution in [1.29, 1.82) is 0 Å². The van der Waals surface area contributed by atoms with E-state index < -0.39 is 0 Å². The molecule has 2 atom stereocenters. The quantitative estimate of drug-likeness (QED) is 0.810. The Hall–Kier alpha value is -1.66. The smallest absolute Gasteiger partial charge is 0.263 e. The lowest BCUT2D eigenvalue weighted by Gasteiger charge is -2.18. The number of carbonyl (C=O) groups is 1. The van der Waals surface area contributed by atoms with Crippen molar-refractivity contribution in [3.8, 4) is 0 Å². The van der Waals surface area contributed by atoms with E-state index in [4.69, 9.17) is 5.73 Å². The molecule has 0 spiro atoms. The van der Waals surface area contributed by atoms with Crippen molar-refractivity contribution in [2.45, 2.75) is 32.2 Å².